The summed E-state index contributed by atoms with van der Waals surface area (Å²) >= 11 is 5.97. The van der Waals surface area contributed by atoms with Gasteiger partial charge in [-0.25, -0.2) is 9.97 Å². The predicted molar refractivity (Wildman–Crippen MR) is 107 cm³/mol. The molecule has 1 aromatic carbocycles. The quantitative estimate of drug-likeness (QED) is 0.636. The van der Waals surface area contributed by atoms with Gasteiger partial charge in [0.05, 0.1) is 0 Å². The second-order valence-electron chi connectivity index (χ2n) is 6.64. The molecule has 8 heteroatoms. The minimum absolute atomic E-state index is 0.0237. The lowest BCUT2D eigenvalue weighted by molar-refractivity contribution is -0.121. The molecule has 0 fully saturated rings. The summed E-state index contributed by atoms with van der Waals surface area (Å²) in [4.78, 5) is 32.2. The number of hydrogen-bond donors (Lipinski definition) is 2. The Morgan fingerprint density at radius 3 is 2.75 bits per heavy atom. The zero-order chi connectivity index (χ0) is 20.3. The van der Waals surface area contributed by atoms with Gasteiger partial charge in [0.1, 0.15) is 6.33 Å². The van der Waals surface area contributed by atoms with Crippen LogP contribution in [0.25, 0.3) is 5.65 Å². The Morgan fingerprint density at radius 1 is 1.25 bits per heavy atom. The first-order valence-electron chi connectivity index (χ1n) is 9.01. The van der Waals surface area contributed by atoms with Crippen LogP contribution in [0.3, 0.4) is 0 Å². The van der Waals surface area contributed by atoms with Gasteiger partial charge < -0.3 is 11.1 Å². The summed E-state index contributed by atoms with van der Waals surface area (Å²) in [5.41, 5.74) is 9.64. The van der Waals surface area contributed by atoms with Crippen molar-refractivity contribution in [3.63, 3.8) is 0 Å². The first kappa shape index (κ1) is 19.8. The Balaban J connectivity index is 1.61. The number of halogens is 1. The van der Waals surface area contributed by atoms with E-state index in [1.54, 1.807) is 4.40 Å². The van der Waals surface area contributed by atoms with Crippen LogP contribution in [0.5, 0.6) is 0 Å². The third-order valence-corrected chi connectivity index (χ3v) is 4.95. The zero-order valence-corrected chi connectivity index (χ0v) is 16.6. The summed E-state index contributed by atoms with van der Waals surface area (Å²) in [6.45, 7) is 4.33. The molecular weight excluding hydrogens is 378 g/mol. The number of nitrogens with two attached hydrogens (primary N) is 1. The fourth-order valence-electron chi connectivity index (χ4n) is 3.23. The number of aryl methyl sites for hydroxylation is 2. The van der Waals surface area contributed by atoms with Crippen LogP contribution in [-0.4, -0.2) is 32.7 Å². The van der Waals surface area contributed by atoms with E-state index in [1.165, 1.54) is 6.33 Å². The van der Waals surface area contributed by atoms with Gasteiger partial charge in [-0.3, -0.25) is 14.0 Å². The molecule has 2 amide bonds. The number of nitrogens with zero attached hydrogens (tertiary/aromatic N) is 3. The molecule has 0 aliphatic carbocycles. The lowest BCUT2D eigenvalue weighted by atomic mass is 10.1. The molecule has 3 aromatic rings. The van der Waals surface area contributed by atoms with Crippen LogP contribution in [-0.2, 0) is 17.6 Å². The van der Waals surface area contributed by atoms with E-state index in [2.05, 4.69) is 15.3 Å². The lowest BCUT2D eigenvalue weighted by Crippen LogP contribution is -2.26. The van der Waals surface area contributed by atoms with E-state index in [0.717, 1.165) is 28.9 Å². The van der Waals surface area contributed by atoms with Crippen LogP contribution in [0.15, 0.2) is 30.6 Å². The summed E-state index contributed by atoms with van der Waals surface area (Å²) in [6, 6.07) is 7.60. The number of carbonyl (C=O) groups excluding carboxylic acids is 2. The fourth-order valence-corrected chi connectivity index (χ4v) is 3.44. The lowest BCUT2D eigenvalue weighted by Gasteiger charge is -2.12. The highest BCUT2D eigenvalue weighted by molar-refractivity contribution is 6.30. The monoisotopic (exact) mass is 399 g/mol. The molecule has 0 unspecified atom stereocenters. The Hall–Kier alpha value is -2.93. The van der Waals surface area contributed by atoms with Crippen molar-refractivity contribution >= 4 is 29.1 Å². The average molecular weight is 400 g/mol. The van der Waals surface area contributed by atoms with Crippen molar-refractivity contribution in [2.24, 2.45) is 5.73 Å². The number of rotatable bonds is 7. The van der Waals surface area contributed by atoms with E-state index in [0.29, 0.717) is 30.1 Å². The van der Waals surface area contributed by atoms with Gasteiger partial charge in [0.15, 0.2) is 11.3 Å². The van der Waals surface area contributed by atoms with E-state index >= 15 is 0 Å². The van der Waals surface area contributed by atoms with Crippen molar-refractivity contribution in [3.8, 4) is 0 Å². The maximum atomic E-state index is 12.2. The van der Waals surface area contributed by atoms with Crippen molar-refractivity contribution in [2.75, 3.05) is 6.54 Å². The van der Waals surface area contributed by atoms with Crippen molar-refractivity contribution in [3.05, 3.63) is 63.8 Å². The summed E-state index contributed by atoms with van der Waals surface area (Å²) in [5.74, 6) is -0.634. The number of fused-ring (bicyclic) bond motifs is 1. The van der Waals surface area contributed by atoms with Gasteiger partial charge in [-0.15, -0.1) is 0 Å². The minimum Gasteiger partial charge on any atom is -0.364 e. The number of hydrogen-bond acceptors (Lipinski definition) is 4. The van der Waals surface area contributed by atoms with Crippen LogP contribution < -0.4 is 11.1 Å². The zero-order valence-electron chi connectivity index (χ0n) is 15.8. The van der Waals surface area contributed by atoms with Crippen LogP contribution in [0, 0.1) is 13.8 Å². The summed E-state index contributed by atoms with van der Waals surface area (Å²) in [5, 5.41) is 3.62. The standard InChI is InChI=1S/C20H22ClN5O2/c1-12-16(13(2)26-11-24-18(19(22)28)20(26)25-12)6-7-17(27)23-9-8-14-4-3-5-15(21)10-14/h3-5,10-11H,6-9H2,1-2H3,(H2,22,28)(H,23,27). The van der Waals surface area contributed by atoms with E-state index in [4.69, 9.17) is 17.3 Å². The third-order valence-electron chi connectivity index (χ3n) is 4.71. The molecule has 28 heavy (non-hydrogen) atoms. The molecule has 2 aromatic heterocycles. The van der Waals surface area contributed by atoms with Gasteiger partial charge in [-0.2, -0.15) is 0 Å². The number of imidazole rings is 1. The van der Waals surface area contributed by atoms with Gasteiger partial charge in [0.25, 0.3) is 5.91 Å². The predicted octanol–water partition coefficient (Wildman–Crippen LogP) is 2.39. The largest absolute Gasteiger partial charge is 0.364 e. The molecule has 3 N–H and O–H groups in total. The smallest absolute Gasteiger partial charge is 0.271 e. The highest BCUT2D eigenvalue weighted by Gasteiger charge is 2.17. The fraction of sp³-hybridized carbons (Fsp3) is 0.300. The van der Waals surface area contributed by atoms with Gasteiger partial charge >= 0.3 is 0 Å². The Morgan fingerprint density at radius 2 is 2.04 bits per heavy atom. The van der Waals surface area contributed by atoms with E-state index in [9.17, 15) is 9.59 Å². The molecule has 0 saturated carbocycles. The van der Waals surface area contributed by atoms with Crippen LogP contribution in [0.1, 0.15) is 39.4 Å². The van der Waals surface area contributed by atoms with Gasteiger partial charge in [-0.1, -0.05) is 23.7 Å². The second kappa shape index (κ2) is 8.39. The highest BCUT2D eigenvalue weighted by Crippen LogP contribution is 2.18. The molecule has 2 heterocycles. The number of carbonyl (C=O) groups is 2. The molecule has 0 radical (unpaired) electrons. The number of primary amides is 1. The molecule has 0 saturated heterocycles. The van der Waals surface area contributed by atoms with Crippen molar-refractivity contribution in [1.29, 1.82) is 0 Å². The van der Waals surface area contributed by atoms with Crippen LogP contribution >= 0.6 is 11.6 Å². The molecule has 0 aliphatic rings. The summed E-state index contributed by atoms with van der Waals surface area (Å²) in [7, 11) is 0. The Bertz CT molecular complexity index is 1040. The molecule has 0 spiro atoms. The van der Waals surface area contributed by atoms with Gasteiger partial charge in [0.2, 0.25) is 5.91 Å². The number of benzene rings is 1. The van der Waals surface area contributed by atoms with Crippen molar-refractivity contribution in [2.45, 2.75) is 33.1 Å². The first-order valence-corrected chi connectivity index (χ1v) is 9.38. The van der Waals surface area contributed by atoms with E-state index < -0.39 is 5.91 Å². The summed E-state index contributed by atoms with van der Waals surface area (Å²) in [6.07, 6.45) is 3.16. The maximum absolute atomic E-state index is 12.2. The van der Waals surface area contributed by atoms with E-state index in [-0.39, 0.29) is 11.6 Å². The van der Waals surface area contributed by atoms with Gasteiger partial charge in [-0.05, 0) is 49.9 Å². The molecule has 3 rings (SSSR count). The molecule has 146 valence electrons. The van der Waals surface area contributed by atoms with Crippen LogP contribution in [0.4, 0.5) is 0 Å². The van der Waals surface area contributed by atoms with E-state index in [1.807, 2.05) is 38.1 Å². The van der Waals surface area contributed by atoms with Crippen molar-refractivity contribution < 1.29 is 9.59 Å². The normalized spacial score (nSPS) is 11.0. The maximum Gasteiger partial charge on any atom is 0.271 e. The average Bonchev–Trinajstić information content (AvgIpc) is 3.05. The molecule has 0 bridgehead atoms. The third kappa shape index (κ3) is 4.31. The topological polar surface area (TPSA) is 102 Å². The number of amides is 2. The minimum atomic E-state index is -0.611. The number of nitrogens with one attached hydrogen (secondary N) is 1. The molecule has 7 nitrogen and oxygen atoms in total. The van der Waals surface area contributed by atoms with Gasteiger partial charge in [0, 0.05) is 29.4 Å². The number of aromatic nitrogens is 3. The Kier molecular flexibility index (Phi) is 5.94. The highest BCUT2D eigenvalue weighted by atomic mass is 35.5. The molecule has 0 atom stereocenters. The second-order valence-corrected chi connectivity index (χ2v) is 7.08. The van der Waals surface area contributed by atoms with Crippen molar-refractivity contribution in [1.82, 2.24) is 19.7 Å². The SMILES string of the molecule is Cc1nc2c(C(N)=O)ncn2c(C)c1CCC(=O)NCCc1cccc(Cl)c1. The molecule has 0 aliphatic heterocycles. The first-order chi connectivity index (χ1) is 13.4. The molecular formula is C20H22ClN5O2. The van der Waals surface area contributed by atoms with Crippen LogP contribution in [0.2, 0.25) is 5.02 Å². The Labute approximate surface area is 167 Å². The summed E-state index contributed by atoms with van der Waals surface area (Å²) < 4.78 is 1.74.